The molecule has 4 aromatic rings. The van der Waals surface area contributed by atoms with Crippen molar-refractivity contribution in [3.8, 4) is 17.0 Å². The van der Waals surface area contributed by atoms with Crippen LogP contribution < -0.4 is 15.4 Å². The minimum absolute atomic E-state index is 0.233. The topological polar surface area (TPSA) is 123 Å². The van der Waals surface area contributed by atoms with Crippen LogP contribution in [0.15, 0.2) is 41.7 Å². The number of hydrogen-bond donors (Lipinski definition) is 3. The predicted molar refractivity (Wildman–Crippen MR) is 129 cm³/mol. The highest BCUT2D eigenvalue weighted by molar-refractivity contribution is 7.98. The zero-order valence-corrected chi connectivity index (χ0v) is 19.7. The Morgan fingerprint density at radius 1 is 1.27 bits per heavy atom. The number of carbonyl (C=O) groups is 1. The van der Waals surface area contributed by atoms with Gasteiger partial charge in [0.05, 0.1) is 30.9 Å². The number of methoxy groups -OCH3 is 1. The first-order chi connectivity index (χ1) is 16.0. The summed E-state index contributed by atoms with van der Waals surface area (Å²) in [4.78, 5) is 21.8. The molecule has 3 aromatic heterocycles. The number of hydrogen-bond acceptors (Lipinski definition) is 8. The van der Waals surface area contributed by atoms with Crippen molar-refractivity contribution in [1.82, 2.24) is 35.3 Å². The average molecular weight is 467 g/mol. The number of carbonyl (C=O) groups excluding carboxylic acids is 1. The quantitative estimate of drug-likeness (QED) is 0.254. The predicted octanol–water partition coefficient (Wildman–Crippen LogP) is 3.20. The number of fused-ring (bicyclic) bond motifs is 1. The Hall–Kier alpha value is -3.60. The molecular weight excluding hydrogens is 440 g/mol. The highest BCUT2D eigenvalue weighted by Crippen LogP contribution is 2.24. The van der Waals surface area contributed by atoms with E-state index in [2.05, 4.69) is 49.7 Å². The van der Waals surface area contributed by atoms with Crippen LogP contribution in [0.4, 0.5) is 5.82 Å². The molecule has 4 rings (SSSR count). The summed E-state index contributed by atoms with van der Waals surface area (Å²) in [5.74, 6) is 1.25. The van der Waals surface area contributed by atoms with E-state index in [9.17, 15) is 4.79 Å². The standard InChI is InChI=1S/C22H26N8O2S/c1-13(2)25-19-16-12-24-30(20(16)27-22(26-19)33-4)9-8-23-21(31)18-11-17(28-29-18)14-6-5-7-15(10-14)32-3/h5-7,10-13H,8-9H2,1-4H3,(H,23,31)(H,28,29)(H,25,26,27). The lowest BCUT2D eigenvalue weighted by Crippen LogP contribution is -2.27. The number of anilines is 1. The molecule has 11 heteroatoms. The minimum Gasteiger partial charge on any atom is -0.497 e. The number of thioether (sulfide) groups is 1. The molecule has 0 spiro atoms. The van der Waals surface area contributed by atoms with Gasteiger partial charge >= 0.3 is 0 Å². The molecule has 0 fully saturated rings. The maximum Gasteiger partial charge on any atom is 0.269 e. The lowest BCUT2D eigenvalue weighted by atomic mass is 10.1. The summed E-state index contributed by atoms with van der Waals surface area (Å²) in [7, 11) is 1.61. The van der Waals surface area contributed by atoms with Crippen molar-refractivity contribution in [2.45, 2.75) is 31.6 Å². The largest absolute Gasteiger partial charge is 0.497 e. The maximum atomic E-state index is 12.6. The molecule has 0 atom stereocenters. The van der Waals surface area contributed by atoms with E-state index in [1.165, 1.54) is 11.8 Å². The lowest BCUT2D eigenvalue weighted by Gasteiger charge is -2.11. The second-order valence-corrected chi connectivity index (χ2v) is 8.39. The van der Waals surface area contributed by atoms with Gasteiger partial charge in [0, 0.05) is 18.2 Å². The fraction of sp³-hybridized carbons (Fsp3) is 0.318. The molecule has 33 heavy (non-hydrogen) atoms. The zero-order valence-electron chi connectivity index (χ0n) is 18.9. The number of rotatable bonds is 9. The first kappa shape index (κ1) is 22.6. The van der Waals surface area contributed by atoms with E-state index in [1.807, 2.05) is 30.5 Å². The summed E-state index contributed by atoms with van der Waals surface area (Å²) in [5, 5.41) is 19.3. The third-order valence-corrected chi connectivity index (χ3v) is 5.43. The summed E-state index contributed by atoms with van der Waals surface area (Å²) >= 11 is 1.47. The highest BCUT2D eigenvalue weighted by Gasteiger charge is 2.15. The molecule has 0 radical (unpaired) electrons. The van der Waals surface area contributed by atoms with Crippen molar-refractivity contribution in [2.24, 2.45) is 0 Å². The van der Waals surface area contributed by atoms with Gasteiger partial charge in [-0.15, -0.1) is 0 Å². The molecule has 0 aliphatic rings. The van der Waals surface area contributed by atoms with E-state index >= 15 is 0 Å². The van der Waals surface area contributed by atoms with Gasteiger partial charge in [0.1, 0.15) is 17.3 Å². The van der Waals surface area contributed by atoms with Crippen molar-refractivity contribution >= 4 is 34.5 Å². The molecular formula is C22H26N8O2S. The number of ether oxygens (including phenoxy) is 1. The SMILES string of the molecule is COc1cccc(-c2cc(C(=O)NCCn3ncc4c(NC(C)C)nc(SC)nc43)[nH]n2)c1. The van der Waals surface area contributed by atoms with Gasteiger partial charge in [-0.2, -0.15) is 10.2 Å². The number of aromatic nitrogens is 6. The Morgan fingerprint density at radius 2 is 2.12 bits per heavy atom. The number of aromatic amines is 1. The molecule has 172 valence electrons. The molecule has 3 heterocycles. The monoisotopic (exact) mass is 466 g/mol. The van der Waals surface area contributed by atoms with Crippen LogP contribution in [-0.4, -0.2) is 61.8 Å². The number of nitrogens with one attached hydrogen (secondary N) is 3. The Balaban J connectivity index is 1.43. The molecule has 0 aliphatic carbocycles. The van der Waals surface area contributed by atoms with E-state index in [4.69, 9.17) is 4.74 Å². The van der Waals surface area contributed by atoms with Crippen molar-refractivity contribution in [1.29, 1.82) is 0 Å². The van der Waals surface area contributed by atoms with Crippen LogP contribution in [0.5, 0.6) is 5.75 Å². The maximum absolute atomic E-state index is 12.6. The normalized spacial score (nSPS) is 11.2. The van der Waals surface area contributed by atoms with Gasteiger partial charge in [-0.1, -0.05) is 23.9 Å². The summed E-state index contributed by atoms with van der Waals surface area (Å²) in [5.41, 5.74) is 2.65. The third kappa shape index (κ3) is 5.08. The molecule has 1 aromatic carbocycles. The summed E-state index contributed by atoms with van der Waals surface area (Å²) in [6.07, 6.45) is 3.69. The van der Waals surface area contributed by atoms with Gasteiger partial charge < -0.3 is 15.4 Å². The van der Waals surface area contributed by atoms with E-state index in [0.717, 1.165) is 28.2 Å². The molecule has 0 unspecified atom stereocenters. The Morgan fingerprint density at radius 3 is 2.88 bits per heavy atom. The Labute approximate surface area is 195 Å². The second-order valence-electron chi connectivity index (χ2n) is 7.62. The third-order valence-electron chi connectivity index (χ3n) is 4.88. The lowest BCUT2D eigenvalue weighted by molar-refractivity contribution is 0.0947. The van der Waals surface area contributed by atoms with Gasteiger partial charge in [0.25, 0.3) is 5.91 Å². The van der Waals surface area contributed by atoms with Crippen LogP contribution in [0.2, 0.25) is 0 Å². The van der Waals surface area contributed by atoms with E-state index in [-0.39, 0.29) is 11.9 Å². The van der Waals surface area contributed by atoms with E-state index in [0.29, 0.717) is 29.6 Å². The molecule has 0 saturated carbocycles. The number of H-pyrrole nitrogens is 1. The number of nitrogens with zero attached hydrogens (tertiary/aromatic N) is 5. The summed E-state index contributed by atoms with van der Waals surface area (Å²) in [6, 6.07) is 9.47. The van der Waals surface area contributed by atoms with Gasteiger partial charge in [0.15, 0.2) is 10.8 Å². The Bertz CT molecular complexity index is 1270. The minimum atomic E-state index is -0.241. The second kappa shape index (κ2) is 9.90. The van der Waals surface area contributed by atoms with Crippen molar-refractivity contribution < 1.29 is 9.53 Å². The van der Waals surface area contributed by atoms with Crippen LogP contribution in [0, 0.1) is 0 Å². The van der Waals surface area contributed by atoms with Crippen molar-refractivity contribution in [3.05, 3.63) is 42.2 Å². The van der Waals surface area contributed by atoms with Gasteiger partial charge in [-0.05, 0) is 38.3 Å². The van der Waals surface area contributed by atoms with Crippen LogP contribution >= 0.6 is 11.8 Å². The fourth-order valence-electron chi connectivity index (χ4n) is 3.31. The van der Waals surface area contributed by atoms with E-state index in [1.54, 1.807) is 24.1 Å². The zero-order chi connectivity index (χ0) is 23.4. The smallest absolute Gasteiger partial charge is 0.269 e. The molecule has 0 bridgehead atoms. The van der Waals surface area contributed by atoms with Crippen molar-refractivity contribution in [3.63, 3.8) is 0 Å². The van der Waals surface area contributed by atoms with Crippen LogP contribution in [-0.2, 0) is 6.54 Å². The molecule has 0 saturated heterocycles. The van der Waals surface area contributed by atoms with Gasteiger partial charge in [0.2, 0.25) is 0 Å². The van der Waals surface area contributed by atoms with Crippen molar-refractivity contribution in [2.75, 3.05) is 25.2 Å². The fourth-order valence-corrected chi connectivity index (χ4v) is 3.67. The Kier molecular flexibility index (Phi) is 6.78. The number of benzene rings is 1. The van der Waals surface area contributed by atoms with Crippen LogP contribution in [0.25, 0.3) is 22.3 Å². The summed E-state index contributed by atoms with van der Waals surface area (Å²) < 4.78 is 7.03. The highest BCUT2D eigenvalue weighted by atomic mass is 32.2. The molecule has 1 amide bonds. The first-order valence-electron chi connectivity index (χ1n) is 10.5. The first-order valence-corrected chi connectivity index (χ1v) is 11.7. The molecule has 0 aliphatic heterocycles. The molecule has 10 nitrogen and oxygen atoms in total. The van der Waals surface area contributed by atoms with E-state index < -0.39 is 0 Å². The van der Waals surface area contributed by atoms with Gasteiger partial charge in [-0.25, -0.2) is 14.6 Å². The summed E-state index contributed by atoms with van der Waals surface area (Å²) in [6.45, 7) is 4.97. The van der Waals surface area contributed by atoms with Crippen LogP contribution in [0.1, 0.15) is 24.3 Å². The average Bonchev–Trinajstić information content (AvgIpc) is 3.46. The number of amides is 1. The molecule has 3 N–H and O–H groups in total. The van der Waals surface area contributed by atoms with Crippen LogP contribution in [0.3, 0.4) is 0 Å². The van der Waals surface area contributed by atoms with Gasteiger partial charge in [-0.3, -0.25) is 9.89 Å².